The SMILES string of the molecule is Cc1ccc(-c2ccc(N(c3ccc(-c4ccc(N(c5ccc(-c6ccc(C)cc6)cc5)c5ccc(-c6ccc(C(C)(C)CC(C)(C)C)cc6)cc5)cc4)cc3)c3ccc(-c4ccc(C(C)(C)CC(C)(C)C)cc4)cc3)cc2)cc1. The van der Waals surface area contributed by atoms with Crippen LogP contribution in [-0.2, 0) is 10.8 Å². The predicted octanol–water partition coefficient (Wildman–Crippen LogP) is 23.0. The fraction of sp³-hybridized carbons (Fsp3) is 0.231. The molecular formula is C78H80N2. The Kier molecular flexibility index (Phi) is 15.5. The quantitative estimate of drug-likeness (QED) is 0.101. The second-order valence-corrected chi connectivity index (χ2v) is 26.1. The van der Waals surface area contributed by atoms with Gasteiger partial charge in [0.2, 0.25) is 0 Å². The number of benzene rings is 10. The van der Waals surface area contributed by atoms with Gasteiger partial charge in [-0.2, -0.15) is 0 Å². The van der Waals surface area contributed by atoms with Gasteiger partial charge in [-0.05, 0) is 188 Å². The van der Waals surface area contributed by atoms with E-state index in [-0.39, 0.29) is 21.7 Å². The molecule has 0 saturated heterocycles. The molecule has 0 spiro atoms. The maximum absolute atomic E-state index is 2.37. The molecule has 0 atom stereocenters. The first-order valence-electron chi connectivity index (χ1n) is 28.7. The highest BCUT2D eigenvalue weighted by molar-refractivity contribution is 5.84. The Balaban J connectivity index is 0.938. The molecule has 0 aromatic heterocycles. The minimum Gasteiger partial charge on any atom is -0.311 e. The fourth-order valence-electron chi connectivity index (χ4n) is 12.3. The van der Waals surface area contributed by atoms with Gasteiger partial charge in [-0.25, -0.2) is 0 Å². The Morgan fingerprint density at radius 1 is 0.212 bits per heavy atom. The number of aryl methyl sites for hydroxylation is 2. The standard InChI is InChI=1S/C78H80N2/c1-55-13-17-57(18-14-55)61-25-41-69(42-26-61)79(71-45-29-63(30-46-71)59-21-37-67(38-22-59)77(9,10)53-75(3,4)5)73-49-33-65(34-50-73)66-35-51-74(52-36-66)80(70-43-27-62(28-44-70)58-19-15-56(2)16-20-58)72-47-31-64(32-48-72)60-23-39-68(40-24-60)78(11,12)54-76(6,7)8/h13-52H,53-54H2,1-12H3. The lowest BCUT2D eigenvalue weighted by Gasteiger charge is -2.33. The van der Waals surface area contributed by atoms with Gasteiger partial charge in [0.15, 0.2) is 0 Å². The molecule has 0 radical (unpaired) electrons. The Morgan fingerprint density at radius 3 is 0.525 bits per heavy atom. The summed E-state index contributed by atoms with van der Waals surface area (Å²) in [5.41, 5.74) is 24.6. The van der Waals surface area contributed by atoms with Crippen LogP contribution in [0.1, 0.15) is 104 Å². The zero-order chi connectivity index (χ0) is 56.4. The summed E-state index contributed by atoms with van der Waals surface area (Å²) in [5, 5.41) is 0. The lowest BCUT2D eigenvalue weighted by Crippen LogP contribution is -2.24. The molecule has 10 aromatic rings. The van der Waals surface area contributed by atoms with Gasteiger partial charge in [0.25, 0.3) is 0 Å². The minimum atomic E-state index is 0.0962. The monoisotopic (exact) mass is 1040 g/mol. The third-order valence-corrected chi connectivity index (χ3v) is 15.8. The van der Waals surface area contributed by atoms with E-state index in [2.05, 4.69) is 336 Å². The van der Waals surface area contributed by atoms with Crippen LogP contribution in [0.4, 0.5) is 34.1 Å². The van der Waals surface area contributed by atoms with E-state index in [1.165, 1.54) is 66.8 Å². The van der Waals surface area contributed by atoms with Gasteiger partial charge in [0.1, 0.15) is 0 Å². The maximum atomic E-state index is 2.37. The Bertz CT molecular complexity index is 3380. The van der Waals surface area contributed by atoms with Crippen LogP contribution in [0, 0.1) is 24.7 Å². The molecule has 80 heavy (non-hydrogen) atoms. The molecule has 0 heterocycles. The summed E-state index contributed by atoms with van der Waals surface area (Å²) in [7, 11) is 0. The van der Waals surface area contributed by atoms with Crippen LogP contribution in [0.25, 0.3) is 55.6 Å². The number of hydrogen-bond acceptors (Lipinski definition) is 2. The Morgan fingerprint density at radius 2 is 0.362 bits per heavy atom. The van der Waals surface area contributed by atoms with Gasteiger partial charge in [-0.15, -0.1) is 0 Å². The first kappa shape index (κ1) is 55.1. The van der Waals surface area contributed by atoms with Gasteiger partial charge in [-0.3, -0.25) is 0 Å². The van der Waals surface area contributed by atoms with Crippen LogP contribution >= 0.6 is 0 Å². The molecule has 0 bridgehead atoms. The molecule has 0 aliphatic rings. The highest BCUT2D eigenvalue weighted by Gasteiger charge is 2.29. The van der Waals surface area contributed by atoms with E-state index in [4.69, 9.17) is 0 Å². The van der Waals surface area contributed by atoms with Gasteiger partial charge >= 0.3 is 0 Å². The van der Waals surface area contributed by atoms with Gasteiger partial charge in [-0.1, -0.05) is 250 Å². The zero-order valence-corrected chi connectivity index (χ0v) is 49.4. The number of anilines is 6. The molecular weight excluding hydrogens is 965 g/mol. The molecule has 0 aliphatic heterocycles. The molecule has 10 aromatic carbocycles. The van der Waals surface area contributed by atoms with Crippen molar-refractivity contribution >= 4 is 34.1 Å². The minimum absolute atomic E-state index is 0.0962. The zero-order valence-electron chi connectivity index (χ0n) is 49.4. The largest absolute Gasteiger partial charge is 0.311 e. The summed E-state index contributed by atoms with van der Waals surface area (Å²) in [6, 6.07) is 90.1. The van der Waals surface area contributed by atoms with E-state index in [1.54, 1.807) is 0 Å². The lowest BCUT2D eigenvalue weighted by molar-refractivity contribution is 0.283. The topological polar surface area (TPSA) is 6.48 Å². The van der Waals surface area contributed by atoms with E-state index in [9.17, 15) is 0 Å². The van der Waals surface area contributed by atoms with Crippen molar-refractivity contribution in [1.82, 2.24) is 0 Å². The lowest BCUT2D eigenvalue weighted by atomic mass is 9.72. The number of hydrogen-bond donors (Lipinski definition) is 0. The molecule has 0 N–H and O–H groups in total. The molecule has 2 heteroatoms. The summed E-state index contributed by atoms with van der Waals surface area (Å²) in [4.78, 5) is 4.73. The normalized spacial score (nSPS) is 12.1. The maximum Gasteiger partial charge on any atom is 0.0462 e. The van der Waals surface area contributed by atoms with Crippen molar-refractivity contribution in [3.63, 3.8) is 0 Å². The number of rotatable bonds is 15. The average molecular weight is 1050 g/mol. The molecule has 0 amide bonds. The Hall–Kier alpha value is -8.20. The van der Waals surface area contributed by atoms with Gasteiger partial charge in [0.05, 0.1) is 0 Å². The third-order valence-electron chi connectivity index (χ3n) is 15.8. The van der Waals surface area contributed by atoms with Gasteiger partial charge in [0, 0.05) is 34.1 Å². The van der Waals surface area contributed by atoms with Crippen molar-refractivity contribution in [2.45, 2.75) is 107 Å². The van der Waals surface area contributed by atoms with Crippen LogP contribution in [0.2, 0.25) is 0 Å². The van der Waals surface area contributed by atoms with Crippen LogP contribution in [-0.4, -0.2) is 0 Å². The summed E-state index contributed by atoms with van der Waals surface area (Å²) in [6.45, 7) is 27.7. The van der Waals surface area contributed by atoms with Crippen molar-refractivity contribution in [3.8, 4) is 55.6 Å². The average Bonchev–Trinajstić information content (AvgIpc) is 3.49. The predicted molar refractivity (Wildman–Crippen MR) is 347 cm³/mol. The fourth-order valence-corrected chi connectivity index (χ4v) is 12.3. The van der Waals surface area contributed by atoms with Crippen LogP contribution < -0.4 is 9.80 Å². The van der Waals surface area contributed by atoms with Crippen molar-refractivity contribution in [3.05, 3.63) is 265 Å². The van der Waals surface area contributed by atoms with Crippen molar-refractivity contribution < 1.29 is 0 Å². The van der Waals surface area contributed by atoms with Crippen LogP contribution in [0.5, 0.6) is 0 Å². The summed E-state index contributed by atoms with van der Waals surface area (Å²) < 4.78 is 0. The molecule has 0 saturated carbocycles. The van der Waals surface area contributed by atoms with Crippen LogP contribution in [0.15, 0.2) is 243 Å². The molecule has 2 nitrogen and oxygen atoms in total. The van der Waals surface area contributed by atoms with Crippen molar-refractivity contribution in [1.29, 1.82) is 0 Å². The molecule has 0 aliphatic carbocycles. The second-order valence-electron chi connectivity index (χ2n) is 26.1. The second kappa shape index (κ2) is 22.5. The number of nitrogens with zero attached hydrogens (tertiary/aromatic N) is 2. The summed E-state index contributed by atoms with van der Waals surface area (Å²) >= 11 is 0. The molecule has 402 valence electrons. The first-order chi connectivity index (χ1) is 38.1. The highest BCUT2D eigenvalue weighted by atomic mass is 15.1. The summed E-state index contributed by atoms with van der Waals surface area (Å²) in [6.07, 6.45) is 2.24. The molecule has 10 rings (SSSR count). The first-order valence-corrected chi connectivity index (χ1v) is 28.7. The van der Waals surface area contributed by atoms with E-state index >= 15 is 0 Å². The van der Waals surface area contributed by atoms with Gasteiger partial charge < -0.3 is 9.80 Å². The molecule has 0 unspecified atom stereocenters. The Labute approximate surface area is 479 Å². The van der Waals surface area contributed by atoms with E-state index in [1.807, 2.05) is 0 Å². The van der Waals surface area contributed by atoms with Crippen LogP contribution in [0.3, 0.4) is 0 Å². The highest BCUT2D eigenvalue weighted by Crippen LogP contribution is 2.43. The van der Waals surface area contributed by atoms with E-state index < -0.39 is 0 Å². The molecule has 0 fully saturated rings. The smallest absolute Gasteiger partial charge is 0.0462 e. The van der Waals surface area contributed by atoms with Crippen molar-refractivity contribution in [2.75, 3.05) is 9.80 Å². The van der Waals surface area contributed by atoms with Crippen molar-refractivity contribution in [2.24, 2.45) is 10.8 Å². The third kappa shape index (κ3) is 12.9. The van der Waals surface area contributed by atoms with E-state index in [0.717, 1.165) is 58.1 Å². The summed E-state index contributed by atoms with van der Waals surface area (Å²) in [5.74, 6) is 0. The van der Waals surface area contributed by atoms with E-state index in [0.29, 0.717) is 0 Å².